The van der Waals surface area contributed by atoms with Crippen molar-refractivity contribution in [1.82, 2.24) is 0 Å². The van der Waals surface area contributed by atoms with Gasteiger partial charge < -0.3 is 4.43 Å². The van der Waals surface area contributed by atoms with Gasteiger partial charge in [-0.15, -0.1) is 0 Å². The van der Waals surface area contributed by atoms with Crippen LogP contribution in [0.2, 0.25) is 5.04 Å². The normalized spacial score (nSPS) is 14.3. The van der Waals surface area contributed by atoms with Gasteiger partial charge in [0.1, 0.15) is 0 Å². The number of rotatable bonds is 7. The Kier molecular flexibility index (Phi) is 7.45. The third-order valence-electron chi connectivity index (χ3n) is 4.76. The highest BCUT2D eigenvalue weighted by Gasteiger charge is 2.50. The van der Waals surface area contributed by atoms with Crippen LogP contribution < -0.4 is 10.4 Å². The minimum Gasteiger partial charge on any atom is -0.407 e. The molecule has 0 heterocycles. The fourth-order valence-electron chi connectivity index (χ4n) is 3.60. The molecule has 26 heavy (non-hydrogen) atoms. The molecule has 2 aromatic carbocycles. The van der Waals surface area contributed by atoms with Gasteiger partial charge in [-0.3, -0.25) is 0 Å². The predicted octanol–water partition coefficient (Wildman–Crippen LogP) is 5.54. The first-order chi connectivity index (χ1) is 12.3. The van der Waals surface area contributed by atoms with Crippen molar-refractivity contribution in [3.63, 3.8) is 0 Å². The number of allylic oxidation sites excluding steroid dienone is 1. The van der Waals surface area contributed by atoms with Crippen molar-refractivity contribution in [2.45, 2.75) is 39.7 Å². The fourth-order valence-corrected chi connectivity index (χ4v) is 8.45. The van der Waals surface area contributed by atoms with Crippen molar-refractivity contribution >= 4 is 34.6 Å². The highest BCUT2D eigenvalue weighted by Crippen LogP contribution is 2.37. The van der Waals surface area contributed by atoms with Gasteiger partial charge in [-0.2, -0.15) is 0 Å². The molecule has 0 aliphatic carbocycles. The highest BCUT2D eigenvalue weighted by atomic mass is 79.9. The zero-order chi connectivity index (χ0) is 19.2. The smallest absolute Gasteiger partial charge is 0.261 e. The maximum absolute atomic E-state index is 6.95. The van der Waals surface area contributed by atoms with E-state index in [0.29, 0.717) is 5.92 Å². The summed E-state index contributed by atoms with van der Waals surface area (Å²) in [5.41, 5.74) is 1.35. The number of hydrogen-bond donors (Lipinski definition) is 0. The van der Waals surface area contributed by atoms with E-state index >= 15 is 0 Å². The summed E-state index contributed by atoms with van der Waals surface area (Å²) in [6, 6.07) is 21.7. The van der Waals surface area contributed by atoms with Crippen LogP contribution in [-0.4, -0.2) is 20.3 Å². The van der Waals surface area contributed by atoms with E-state index in [4.69, 9.17) is 4.43 Å². The van der Waals surface area contributed by atoms with Gasteiger partial charge in [-0.05, 0) is 28.3 Å². The summed E-state index contributed by atoms with van der Waals surface area (Å²) in [4.78, 5) is 0. The highest BCUT2D eigenvalue weighted by molar-refractivity contribution is 9.09. The van der Waals surface area contributed by atoms with Crippen LogP contribution in [0, 0.1) is 5.92 Å². The van der Waals surface area contributed by atoms with Gasteiger partial charge >= 0.3 is 0 Å². The maximum Gasteiger partial charge on any atom is 0.261 e. The predicted molar refractivity (Wildman–Crippen MR) is 120 cm³/mol. The van der Waals surface area contributed by atoms with E-state index in [9.17, 15) is 0 Å². The van der Waals surface area contributed by atoms with E-state index in [1.54, 1.807) is 0 Å². The SMILES string of the molecule is C/C(=C/[C@@H](C)CO[Si](c1ccccc1)(c1ccccc1)C(C)(C)C)CBr. The second kappa shape index (κ2) is 9.16. The van der Waals surface area contributed by atoms with Gasteiger partial charge in [-0.25, -0.2) is 0 Å². The van der Waals surface area contributed by atoms with Crippen molar-refractivity contribution in [2.24, 2.45) is 5.92 Å². The molecule has 0 N–H and O–H groups in total. The number of alkyl halides is 1. The molecule has 0 bridgehead atoms. The van der Waals surface area contributed by atoms with E-state index in [-0.39, 0.29) is 5.04 Å². The topological polar surface area (TPSA) is 9.23 Å². The molecule has 0 aromatic heterocycles. The Labute approximate surface area is 168 Å². The van der Waals surface area contributed by atoms with E-state index in [1.165, 1.54) is 15.9 Å². The van der Waals surface area contributed by atoms with E-state index in [2.05, 4.69) is 117 Å². The number of hydrogen-bond acceptors (Lipinski definition) is 1. The summed E-state index contributed by atoms with van der Waals surface area (Å²) in [6.45, 7) is 12.1. The average Bonchev–Trinajstić information content (AvgIpc) is 2.62. The van der Waals surface area contributed by atoms with Crippen molar-refractivity contribution < 1.29 is 4.43 Å². The lowest BCUT2D eigenvalue weighted by Gasteiger charge is -2.43. The molecule has 0 aliphatic heterocycles. The quantitative estimate of drug-likeness (QED) is 0.318. The lowest BCUT2D eigenvalue weighted by Crippen LogP contribution is -2.66. The average molecular weight is 431 g/mol. The zero-order valence-electron chi connectivity index (χ0n) is 16.6. The molecule has 2 rings (SSSR count). The molecule has 0 radical (unpaired) electrons. The Morgan fingerprint density at radius 1 is 1.00 bits per heavy atom. The Morgan fingerprint density at radius 3 is 1.85 bits per heavy atom. The molecule has 140 valence electrons. The fraction of sp³-hybridized carbons (Fsp3) is 0.391. The van der Waals surface area contributed by atoms with Crippen molar-refractivity contribution in [1.29, 1.82) is 0 Å². The summed E-state index contributed by atoms with van der Waals surface area (Å²) in [6.07, 6.45) is 2.31. The van der Waals surface area contributed by atoms with E-state index in [1.807, 2.05) is 0 Å². The molecule has 2 aromatic rings. The first-order valence-electron chi connectivity index (χ1n) is 9.29. The van der Waals surface area contributed by atoms with Gasteiger partial charge in [0, 0.05) is 11.9 Å². The molecule has 1 nitrogen and oxygen atoms in total. The second-order valence-electron chi connectivity index (χ2n) is 8.10. The Morgan fingerprint density at radius 2 is 1.46 bits per heavy atom. The van der Waals surface area contributed by atoms with Crippen molar-refractivity contribution in [3.8, 4) is 0 Å². The molecular formula is C23H31BrOSi. The summed E-state index contributed by atoms with van der Waals surface area (Å²) < 4.78 is 6.95. The molecule has 0 amide bonds. The number of benzene rings is 2. The van der Waals surface area contributed by atoms with Crippen LogP contribution in [0.1, 0.15) is 34.6 Å². The maximum atomic E-state index is 6.95. The molecule has 0 unspecified atom stereocenters. The summed E-state index contributed by atoms with van der Waals surface area (Å²) in [7, 11) is -2.41. The van der Waals surface area contributed by atoms with Gasteiger partial charge in [0.15, 0.2) is 0 Å². The summed E-state index contributed by atoms with van der Waals surface area (Å²) >= 11 is 3.54. The second-order valence-corrected chi connectivity index (χ2v) is 13.0. The van der Waals surface area contributed by atoms with Crippen LogP contribution >= 0.6 is 15.9 Å². The molecular weight excluding hydrogens is 400 g/mol. The molecule has 0 fully saturated rings. The zero-order valence-corrected chi connectivity index (χ0v) is 19.2. The Balaban J connectivity index is 2.51. The minimum absolute atomic E-state index is 0.0314. The summed E-state index contributed by atoms with van der Waals surface area (Å²) in [5.74, 6) is 0.384. The standard InChI is InChI=1S/C23H31BrOSi/c1-19(17-24)16-20(2)18-25-26(23(3,4)5,21-12-8-6-9-13-21)22-14-10-7-11-15-22/h6-16,20H,17-18H2,1-5H3/b19-16-/t20-/m1/s1. The van der Waals surface area contributed by atoms with Crippen LogP contribution in [-0.2, 0) is 4.43 Å². The van der Waals surface area contributed by atoms with Crippen LogP contribution in [0.4, 0.5) is 0 Å². The Hall–Kier alpha value is -1.16. The van der Waals surface area contributed by atoms with E-state index in [0.717, 1.165) is 11.9 Å². The van der Waals surface area contributed by atoms with Gasteiger partial charge in [0.2, 0.25) is 0 Å². The molecule has 0 saturated heterocycles. The molecule has 0 saturated carbocycles. The number of halogens is 1. The monoisotopic (exact) mass is 430 g/mol. The van der Waals surface area contributed by atoms with Crippen LogP contribution in [0.25, 0.3) is 0 Å². The van der Waals surface area contributed by atoms with Crippen molar-refractivity contribution in [2.75, 3.05) is 11.9 Å². The largest absolute Gasteiger partial charge is 0.407 e. The third kappa shape index (κ3) is 4.76. The first-order valence-corrected chi connectivity index (χ1v) is 12.3. The van der Waals surface area contributed by atoms with Gasteiger partial charge in [-0.1, -0.05) is 116 Å². The molecule has 0 spiro atoms. The Bertz CT molecular complexity index is 664. The molecule has 3 heteroatoms. The van der Waals surface area contributed by atoms with Gasteiger partial charge in [0.25, 0.3) is 8.32 Å². The van der Waals surface area contributed by atoms with Crippen LogP contribution in [0.3, 0.4) is 0 Å². The van der Waals surface area contributed by atoms with Crippen LogP contribution in [0.5, 0.6) is 0 Å². The molecule has 0 aliphatic rings. The van der Waals surface area contributed by atoms with Crippen LogP contribution in [0.15, 0.2) is 72.3 Å². The van der Waals surface area contributed by atoms with Gasteiger partial charge in [0.05, 0.1) is 0 Å². The van der Waals surface area contributed by atoms with E-state index < -0.39 is 8.32 Å². The third-order valence-corrected chi connectivity index (χ3v) is 10.6. The lowest BCUT2D eigenvalue weighted by molar-refractivity contribution is 0.267. The molecule has 1 atom stereocenters. The lowest BCUT2D eigenvalue weighted by atomic mass is 10.1. The minimum atomic E-state index is -2.41. The summed E-state index contributed by atoms with van der Waals surface area (Å²) in [5, 5.41) is 3.62. The first kappa shape index (κ1) is 21.1. The van der Waals surface area contributed by atoms with Crippen molar-refractivity contribution in [3.05, 3.63) is 72.3 Å².